The van der Waals surface area contributed by atoms with E-state index in [2.05, 4.69) is 15.6 Å². The maximum absolute atomic E-state index is 12.7. The van der Waals surface area contributed by atoms with Gasteiger partial charge in [-0.2, -0.15) is 0 Å². The molecule has 1 saturated carbocycles. The quantitative estimate of drug-likeness (QED) is 0.808. The molecular weight excluding hydrogens is 378 g/mol. The van der Waals surface area contributed by atoms with E-state index in [0.717, 1.165) is 25.7 Å². The third kappa shape index (κ3) is 4.11. The van der Waals surface area contributed by atoms with Crippen molar-refractivity contribution in [1.82, 2.24) is 4.98 Å². The second-order valence-corrected chi connectivity index (χ2v) is 8.07. The minimum Gasteiger partial charge on any atom is -0.486 e. The summed E-state index contributed by atoms with van der Waals surface area (Å²) >= 11 is 1.20. The minimum atomic E-state index is -0.259. The predicted octanol–water partition coefficient (Wildman–Crippen LogP) is 3.99. The highest BCUT2D eigenvalue weighted by Gasteiger charge is 2.23. The smallest absolute Gasteiger partial charge is 0.267 e. The fourth-order valence-corrected chi connectivity index (χ4v) is 4.41. The standard InChI is InChI=1S/C20H23N3O4S/c1-12-17(28-20(21-12)23-18(24)13-5-3-2-4-6-13)19(25)22-14-7-8-15-16(11-14)27-10-9-26-15/h7-8,11,13H,2-6,9-10H2,1H3,(H,22,25)(H,21,23,24). The molecular formula is C20H23N3O4S. The van der Waals surface area contributed by atoms with Crippen molar-refractivity contribution in [2.45, 2.75) is 39.0 Å². The third-order valence-corrected chi connectivity index (χ3v) is 6.08. The van der Waals surface area contributed by atoms with Crippen LogP contribution in [0, 0.1) is 12.8 Å². The van der Waals surface area contributed by atoms with Crippen LogP contribution >= 0.6 is 11.3 Å². The molecule has 0 unspecified atom stereocenters. The van der Waals surface area contributed by atoms with Gasteiger partial charge in [0.1, 0.15) is 18.1 Å². The average Bonchev–Trinajstić information content (AvgIpc) is 3.08. The van der Waals surface area contributed by atoms with E-state index in [1.165, 1.54) is 17.8 Å². The van der Waals surface area contributed by atoms with E-state index in [9.17, 15) is 9.59 Å². The average molecular weight is 401 g/mol. The van der Waals surface area contributed by atoms with Crippen molar-refractivity contribution >= 4 is 34.0 Å². The summed E-state index contributed by atoms with van der Waals surface area (Å²) in [7, 11) is 0. The summed E-state index contributed by atoms with van der Waals surface area (Å²) in [6.45, 7) is 2.78. The van der Waals surface area contributed by atoms with Gasteiger partial charge in [-0.3, -0.25) is 9.59 Å². The summed E-state index contributed by atoms with van der Waals surface area (Å²) in [6.07, 6.45) is 5.24. The number of benzene rings is 1. The first-order valence-corrected chi connectivity index (χ1v) is 10.4. The van der Waals surface area contributed by atoms with Crippen LogP contribution in [-0.4, -0.2) is 30.0 Å². The van der Waals surface area contributed by atoms with Crippen LogP contribution < -0.4 is 20.1 Å². The molecule has 1 aliphatic carbocycles. The highest BCUT2D eigenvalue weighted by Crippen LogP contribution is 2.33. The summed E-state index contributed by atoms with van der Waals surface area (Å²) in [5.41, 5.74) is 1.22. The molecule has 0 spiro atoms. The van der Waals surface area contributed by atoms with Gasteiger partial charge in [0.25, 0.3) is 5.91 Å². The number of nitrogens with zero attached hydrogens (tertiary/aromatic N) is 1. The summed E-state index contributed by atoms with van der Waals surface area (Å²) in [5, 5.41) is 6.22. The maximum Gasteiger partial charge on any atom is 0.267 e. The van der Waals surface area contributed by atoms with E-state index in [1.807, 2.05) is 0 Å². The number of hydrogen-bond acceptors (Lipinski definition) is 6. The van der Waals surface area contributed by atoms with Crippen molar-refractivity contribution < 1.29 is 19.1 Å². The van der Waals surface area contributed by atoms with Crippen LogP contribution in [-0.2, 0) is 4.79 Å². The van der Waals surface area contributed by atoms with Crippen molar-refractivity contribution in [1.29, 1.82) is 0 Å². The van der Waals surface area contributed by atoms with Crippen LogP contribution in [0.2, 0.25) is 0 Å². The number of rotatable bonds is 4. The first kappa shape index (κ1) is 18.7. The van der Waals surface area contributed by atoms with E-state index >= 15 is 0 Å². The Morgan fingerprint density at radius 2 is 1.82 bits per heavy atom. The Hall–Kier alpha value is -2.61. The Kier molecular flexibility index (Phi) is 5.47. The molecule has 0 radical (unpaired) electrons. The zero-order valence-electron chi connectivity index (χ0n) is 15.7. The number of aryl methyl sites for hydroxylation is 1. The van der Waals surface area contributed by atoms with Crippen LogP contribution in [0.1, 0.15) is 47.5 Å². The lowest BCUT2D eigenvalue weighted by molar-refractivity contribution is -0.120. The second-order valence-electron chi connectivity index (χ2n) is 7.07. The van der Waals surface area contributed by atoms with Gasteiger partial charge in [0.15, 0.2) is 16.6 Å². The Morgan fingerprint density at radius 3 is 2.61 bits per heavy atom. The highest BCUT2D eigenvalue weighted by atomic mass is 32.1. The summed E-state index contributed by atoms with van der Waals surface area (Å²) < 4.78 is 11.0. The maximum atomic E-state index is 12.7. The van der Waals surface area contributed by atoms with Gasteiger partial charge in [-0.1, -0.05) is 30.6 Å². The van der Waals surface area contributed by atoms with Gasteiger partial charge in [-0.05, 0) is 31.9 Å². The van der Waals surface area contributed by atoms with Gasteiger partial charge in [0.2, 0.25) is 5.91 Å². The fraction of sp³-hybridized carbons (Fsp3) is 0.450. The molecule has 0 saturated heterocycles. The predicted molar refractivity (Wildman–Crippen MR) is 107 cm³/mol. The first-order valence-electron chi connectivity index (χ1n) is 9.59. The lowest BCUT2D eigenvalue weighted by Crippen LogP contribution is -2.24. The lowest BCUT2D eigenvalue weighted by atomic mass is 9.89. The van der Waals surface area contributed by atoms with Gasteiger partial charge in [-0.25, -0.2) is 4.98 Å². The van der Waals surface area contributed by atoms with Gasteiger partial charge < -0.3 is 20.1 Å². The van der Waals surface area contributed by atoms with E-state index in [4.69, 9.17) is 9.47 Å². The van der Waals surface area contributed by atoms with E-state index in [0.29, 0.717) is 46.1 Å². The molecule has 4 rings (SSSR count). The zero-order valence-corrected chi connectivity index (χ0v) is 16.6. The normalized spacial score (nSPS) is 16.5. The van der Waals surface area contributed by atoms with Crippen molar-refractivity contribution in [2.75, 3.05) is 23.8 Å². The molecule has 2 aromatic rings. The molecule has 2 N–H and O–H groups in total. The first-order chi connectivity index (χ1) is 13.6. The number of nitrogens with one attached hydrogen (secondary N) is 2. The van der Waals surface area contributed by atoms with Crippen LogP contribution in [0.15, 0.2) is 18.2 Å². The number of fused-ring (bicyclic) bond motifs is 1. The third-order valence-electron chi connectivity index (χ3n) is 5.01. The molecule has 0 bridgehead atoms. The molecule has 1 aromatic heterocycles. The van der Waals surface area contributed by atoms with Crippen molar-refractivity contribution in [3.05, 3.63) is 28.8 Å². The number of hydrogen-bond donors (Lipinski definition) is 2. The number of thiazole rings is 1. The van der Waals surface area contributed by atoms with Crippen LogP contribution in [0.25, 0.3) is 0 Å². The summed E-state index contributed by atoms with van der Waals surface area (Å²) in [4.78, 5) is 29.9. The number of aromatic nitrogens is 1. The second kappa shape index (κ2) is 8.18. The van der Waals surface area contributed by atoms with Crippen LogP contribution in [0.3, 0.4) is 0 Å². The minimum absolute atomic E-state index is 0.00671. The molecule has 28 heavy (non-hydrogen) atoms. The SMILES string of the molecule is Cc1nc(NC(=O)C2CCCCC2)sc1C(=O)Nc1ccc2c(c1)OCCO2. The molecule has 1 aliphatic heterocycles. The molecule has 1 aromatic carbocycles. The van der Waals surface area contributed by atoms with Crippen LogP contribution in [0.5, 0.6) is 11.5 Å². The van der Waals surface area contributed by atoms with E-state index < -0.39 is 0 Å². The Morgan fingerprint density at radius 1 is 1.07 bits per heavy atom. The number of amides is 2. The molecule has 8 heteroatoms. The largest absolute Gasteiger partial charge is 0.486 e. The highest BCUT2D eigenvalue weighted by molar-refractivity contribution is 7.17. The molecule has 7 nitrogen and oxygen atoms in total. The monoisotopic (exact) mass is 401 g/mol. The zero-order chi connectivity index (χ0) is 19.5. The Balaban J connectivity index is 1.42. The van der Waals surface area contributed by atoms with Gasteiger partial charge in [0.05, 0.1) is 5.69 Å². The Labute approximate surface area is 167 Å². The summed E-state index contributed by atoms with van der Waals surface area (Å²) in [5.74, 6) is 1.08. The van der Waals surface area contributed by atoms with Crippen molar-refractivity contribution in [3.63, 3.8) is 0 Å². The van der Waals surface area contributed by atoms with Gasteiger partial charge >= 0.3 is 0 Å². The van der Waals surface area contributed by atoms with Crippen molar-refractivity contribution in [2.24, 2.45) is 5.92 Å². The molecule has 2 aliphatic rings. The van der Waals surface area contributed by atoms with Crippen LogP contribution in [0.4, 0.5) is 10.8 Å². The molecule has 1 fully saturated rings. The number of anilines is 2. The van der Waals surface area contributed by atoms with E-state index in [-0.39, 0.29) is 17.7 Å². The van der Waals surface area contributed by atoms with Crippen molar-refractivity contribution in [3.8, 4) is 11.5 Å². The molecule has 0 atom stereocenters. The topological polar surface area (TPSA) is 89.6 Å². The van der Waals surface area contributed by atoms with E-state index in [1.54, 1.807) is 25.1 Å². The molecule has 2 heterocycles. The Bertz CT molecular complexity index is 890. The summed E-state index contributed by atoms with van der Waals surface area (Å²) in [6, 6.07) is 5.29. The fourth-order valence-electron chi connectivity index (χ4n) is 3.54. The lowest BCUT2D eigenvalue weighted by Gasteiger charge is -2.19. The van der Waals surface area contributed by atoms with Gasteiger partial charge in [0, 0.05) is 17.7 Å². The molecule has 2 amide bonds. The molecule has 148 valence electrons. The number of carbonyl (C=O) groups excluding carboxylic acids is 2. The number of ether oxygens (including phenoxy) is 2. The van der Waals surface area contributed by atoms with Gasteiger partial charge in [-0.15, -0.1) is 0 Å². The number of carbonyl (C=O) groups is 2.